The number of esters is 2. The molecule has 0 heterocycles. The molecule has 0 bridgehead atoms. The highest BCUT2D eigenvalue weighted by Crippen LogP contribution is 2.09. The summed E-state index contributed by atoms with van der Waals surface area (Å²) in [4.78, 5) is 22.1. The minimum atomic E-state index is -0.119. The van der Waals surface area contributed by atoms with Crippen LogP contribution in [0.15, 0.2) is 0 Å². The molecule has 0 aliphatic heterocycles. The molecule has 0 aromatic heterocycles. The largest absolute Gasteiger partial charge is 0.466 e. The summed E-state index contributed by atoms with van der Waals surface area (Å²) < 4.78 is 9.48. The van der Waals surface area contributed by atoms with E-state index in [0.717, 1.165) is 12.8 Å². The first-order valence-electron chi connectivity index (χ1n) is 6.96. The van der Waals surface area contributed by atoms with Crippen LogP contribution in [0.3, 0.4) is 0 Å². The van der Waals surface area contributed by atoms with Crippen molar-refractivity contribution in [2.75, 3.05) is 13.2 Å². The van der Waals surface area contributed by atoms with E-state index in [1.54, 1.807) is 0 Å². The van der Waals surface area contributed by atoms with Crippen molar-refractivity contribution >= 4 is 43.8 Å². The SMILES string of the molecule is CCOC(=O)CC(Br)CC.CCOC(=O)CCC(C)Br. The number of carbonyl (C=O) groups is 2. The zero-order valence-corrected chi connectivity index (χ0v) is 16.0. The average Bonchev–Trinajstić information content (AvgIpc) is 2.37. The maximum absolute atomic E-state index is 10.8. The standard InChI is InChI=1S/2C7H13BrO2/c1-3-10-7(9)5-4-6(2)8;1-3-6(8)5-7(9)10-4-2/h2*6H,3-5H2,1-2H3. The Morgan fingerprint density at radius 1 is 1.00 bits per heavy atom. The van der Waals surface area contributed by atoms with Crippen LogP contribution in [0.2, 0.25) is 0 Å². The minimum absolute atomic E-state index is 0.103. The minimum Gasteiger partial charge on any atom is -0.466 e. The molecule has 0 aromatic carbocycles. The fourth-order valence-corrected chi connectivity index (χ4v) is 1.59. The van der Waals surface area contributed by atoms with Crippen LogP contribution < -0.4 is 0 Å². The van der Waals surface area contributed by atoms with Gasteiger partial charge in [0, 0.05) is 16.1 Å². The molecule has 0 radical (unpaired) electrons. The number of alkyl halides is 2. The van der Waals surface area contributed by atoms with Crippen molar-refractivity contribution in [1.82, 2.24) is 0 Å². The van der Waals surface area contributed by atoms with Gasteiger partial charge in [-0.05, 0) is 26.7 Å². The highest BCUT2D eigenvalue weighted by molar-refractivity contribution is 9.09. The van der Waals surface area contributed by atoms with Crippen LogP contribution in [-0.4, -0.2) is 34.8 Å². The van der Waals surface area contributed by atoms with Gasteiger partial charge < -0.3 is 9.47 Å². The molecule has 0 saturated carbocycles. The fourth-order valence-electron chi connectivity index (χ4n) is 1.09. The van der Waals surface area contributed by atoms with Crippen molar-refractivity contribution in [3.8, 4) is 0 Å². The number of rotatable bonds is 8. The molecule has 0 amide bonds. The number of hydrogen-bond acceptors (Lipinski definition) is 4. The topological polar surface area (TPSA) is 52.6 Å². The van der Waals surface area contributed by atoms with E-state index in [0.29, 0.717) is 30.9 Å². The lowest BCUT2D eigenvalue weighted by atomic mass is 10.2. The highest BCUT2D eigenvalue weighted by atomic mass is 79.9. The van der Waals surface area contributed by atoms with Crippen LogP contribution in [0.1, 0.15) is 53.4 Å². The van der Waals surface area contributed by atoms with E-state index < -0.39 is 0 Å². The Balaban J connectivity index is 0. The quantitative estimate of drug-likeness (QED) is 0.438. The predicted octanol–water partition coefficient (Wildman–Crippen LogP) is 4.23. The molecule has 0 aromatic rings. The molecular formula is C14H26Br2O4. The summed E-state index contributed by atoms with van der Waals surface area (Å²) >= 11 is 6.69. The molecule has 4 nitrogen and oxygen atoms in total. The normalized spacial score (nSPS) is 12.7. The monoisotopic (exact) mass is 416 g/mol. The van der Waals surface area contributed by atoms with E-state index in [-0.39, 0.29) is 16.8 Å². The van der Waals surface area contributed by atoms with Gasteiger partial charge in [0.05, 0.1) is 19.6 Å². The molecule has 6 heteroatoms. The molecule has 0 aliphatic rings. The van der Waals surface area contributed by atoms with Crippen molar-refractivity contribution in [2.24, 2.45) is 0 Å². The van der Waals surface area contributed by atoms with E-state index in [9.17, 15) is 9.59 Å². The summed E-state index contributed by atoms with van der Waals surface area (Å²) in [6.07, 6.45) is 2.79. The Hall–Kier alpha value is -0.100. The summed E-state index contributed by atoms with van der Waals surface area (Å²) in [5.41, 5.74) is 0. The van der Waals surface area contributed by atoms with Crippen LogP contribution in [0, 0.1) is 0 Å². The maximum Gasteiger partial charge on any atom is 0.306 e. The summed E-state index contributed by atoms with van der Waals surface area (Å²) in [5, 5.41) is 0. The average molecular weight is 418 g/mol. The second-order valence-corrected chi connectivity index (χ2v) is 7.00. The van der Waals surface area contributed by atoms with Gasteiger partial charge in [-0.1, -0.05) is 45.7 Å². The maximum atomic E-state index is 10.8. The van der Waals surface area contributed by atoms with Crippen molar-refractivity contribution in [2.45, 2.75) is 63.0 Å². The van der Waals surface area contributed by atoms with E-state index in [2.05, 4.69) is 31.9 Å². The summed E-state index contributed by atoms with van der Waals surface area (Å²) in [7, 11) is 0. The van der Waals surface area contributed by atoms with Gasteiger partial charge >= 0.3 is 11.9 Å². The lowest BCUT2D eigenvalue weighted by Gasteiger charge is -2.04. The van der Waals surface area contributed by atoms with E-state index in [1.807, 2.05) is 27.7 Å². The number of hydrogen-bond donors (Lipinski definition) is 0. The second-order valence-electron chi connectivity index (χ2n) is 4.14. The summed E-state index contributed by atoms with van der Waals surface area (Å²) in [5.74, 6) is -0.222. The number of ether oxygens (including phenoxy) is 2. The van der Waals surface area contributed by atoms with Gasteiger partial charge in [0.1, 0.15) is 0 Å². The molecular weight excluding hydrogens is 392 g/mol. The number of halogens is 2. The summed E-state index contributed by atoms with van der Waals surface area (Å²) in [6.45, 7) is 8.62. The Morgan fingerprint density at radius 3 is 1.90 bits per heavy atom. The van der Waals surface area contributed by atoms with Gasteiger partial charge in [0.2, 0.25) is 0 Å². The van der Waals surface area contributed by atoms with Gasteiger partial charge in [-0.25, -0.2) is 0 Å². The van der Waals surface area contributed by atoms with Crippen molar-refractivity contribution in [3.05, 3.63) is 0 Å². The van der Waals surface area contributed by atoms with Gasteiger partial charge in [-0.15, -0.1) is 0 Å². The Labute approximate surface area is 139 Å². The smallest absolute Gasteiger partial charge is 0.306 e. The van der Waals surface area contributed by atoms with Crippen LogP contribution in [-0.2, 0) is 19.1 Å². The molecule has 0 rings (SSSR count). The molecule has 2 unspecified atom stereocenters. The molecule has 0 N–H and O–H groups in total. The van der Waals surface area contributed by atoms with Gasteiger partial charge in [-0.3, -0.25) is 9.59 Å². The number of carbonyl (C=O) groups excluding carboxylic acids is 2. The van der Waals surface area contributed by atoms with Gasteiger partial charge in [0.25, 0.3) is 0 Å². The molecule has 2 atom stereocenters. The molecule has 20 heavy (non-hydrogen) atoms. The first kappa shape index (κ1) is 22.2. The molecule has 0 fully saturated rings. The molecule has 0 aliphatic carbocycles. The third-order valence-corrected chi connectivity index (χ3v) is 3.62. The molecule has 0 spiro atoms. The van der Waals surface area contributed by atoms with E-state index >= 15 is 0 Å². The van der Waals surface area contributed by atoms with Crippen molar-refractivity contribution in [3.63, 3.8) is 0 Å². The van der Waals surface area contributed by atoms with E-state index in [4.69, 9.17) is 9.47 Å². The fraction of sp³-hybridized carbons (Fsp3) is 0.857. The molecule has 0 saturated heterocycles. The van der Waals surface area contributed by atoms with Crippen molar-refractivity contribution < 1.29 is 19.1 Å². The third kappa shape index (κ3) is 17.9. The van der Waals surface area contributed by atoms with Crippen LogP contribution in [0.5, 0.6) is 0 Å². The van der Waals surface area contributed by atoms with Crippen molar-refractivity contribution in [1.29, 1.82) is 0 Å². The summed E-state index contributed by atoms with van der Waals surface area (Å²) in [6, 6.07) is 0. The van der Waals surface area contributed by atoms with Gasteiger partial charge in [-0.2, -0.15) is 0 Å². The Morgan fingerprint density at radius 2 is 1.50 bits per heavy atom. The van der Waals surface area contributed by atoms with Gasteiger partial charge in [0.15, 0.2) is 0 Å². The van der Waals surface area contributed by atoms with E-state index in [1.165, 1.54) is 0 Å². The third-order valence-electron chi connectivity index (χ3n) is 2.19. The van der Waals surface area contributed by atoms with Crippen LogP contribution >= 0.6 is 31.9 Å². The first-order chi connectivity index (χ1) is 9.37. The highest BCUT2D eigenvalue weighted by Gasteiger charge is 2.08. The lowest BCUT2D eigenvalue weighted by molar-refractivity contribution is -0.144. The van der Waals surface area contributed by atoms with Crippen LogP contribution in [0.4, 0.5) is 0 Å². The van der Waals surface area contributed by atoms with Crippen LogP contribution in [0.25, 0.3) is 0 Å². The zero-order valence-electron chi connectivity index (χ0n) is 12.8. The zero-order chi connectivity index (χ0) is 16.0. The predicted molar refractivity (Wildman–Crippen MR) is 88.5 cm³/mol. The Kier molecular flexibility index (Phi) is 17.0. The lowest BCUT2D eigenvalue weighted by Crippen LogP contribution is -2.09. The molecule has 120 valence electrons. The second kappa shape index (κ2) is 15.3. The first-order valence-corrected chi connectivity index (χ1v) is 8.79. The Bertz CT molecular complexity index is 258.